The van der Waals surface area contributed by atoms with Crippen LogP contribution in [0.1, 0.15) is 23.2 Å². The third-order valence-electron chi connectivity index (χ3n) is 5.67. The zero-order valence-electron chi connectivity index (χ0n) is 17.1. The summed E-state index contributed by atoms with van der Waals surface area (Å²) in [6.07, 6.45) is 4.06. The Bertz CT molecular complexity index is 1190. The van der Waals surface area contributed by atoms with Crippen LogP contribution >= 0.6 is 0 Å². The van der Waals surface area contributed by atoms with E-state index in [2.05, 4.69) is 54.0 Å². The van der Waals surface area contributed by atoms with Crippen molar-refractivity contribution in [2.45, 2.75) is 19.9 Å². The van der Waals surface area contributed by atoms with Crippen molar-refractivity contribution >= 4 is 26.5 Å². The molecule has 2 heterocycles. The summed E-state index contributed by atoms with van der Waals surface area (Å²) in [5.41, 5.74) is 6.03. The second kappa shape index (κ2) is 7.69. The van der Waals surface area contributed by atoms with E-state index in [0.717, 1.165) is 18.7 Å². The van der Waals surface area contributed by atoms with Crippen LogP contribution in [0.3, 0.4) is 0 Å². The lowest BCUT2D eigenvalue weighted by atomic mass is 9.97. The molecule has 0 saturated heterocycles. The maximum Gasteiger partial charge on any atom is 0.211 e. The summed E-state index contributed by atoms with van der Waals surface area (Å²) in [6.45, 7) is 3.87. The van der Waals surface area contributed by atoms with Gasteiger partial charge in [0.2, 0.25) is 10.0 Å². The normalized spacial score (nSPS) is 15.5. The van der Waals surface area contributed by atoms with E-state index in [4.69, 9.17) is 4.74 Å². The van der Waals surface area contributed by atoms with Gasteiger partial charge in [0.25, 0.3) is 0 Å². The molecule has 0 radical (unpaired) electrons. The highest BCUT2D eigenvalue weighted by Gasteiger charge is 2.23. The fourth-order valence-electron chi connectivity index (χ4n) is 4.17. The molecule has 0 spiro atoms. The van der Waals surface area contributed by atoms with Gasteiger partial charge in [0.15, 0.2) is 0 Å². The monoisotopic (exact) mass is 410 g/mol. The molecule has 152 valence electrons. The Kier molecular flexibility index (Phi) is 5.23. The first-order valence-corrected chi connectivity index (χ1v) is 11.6. The van der Waals surface area contributed by atoms with Gasteiger partial charge >= 0.3 is 0 Å². The Morgan fingerprint density at radius 2 is 1.90 bits per heavy atom. The predicted octanol–water partition coefficient (Wildman–Crippen LogP) is 4.06. The lowest BCUT2D eigenvalue weighted by Crippen LogP contribution is -2.33. The van der Waals surface area contributed by atoms with Gasteiger partial charge in [-0.2, -0.15) is 4.31 Å². The highest BCUT2D eigenvalue weighted by molar-refractivity contribution is 7.88. The van der Waals surface area contributed by atoms with Crippen LogP contribution in [0.25, 0.3) is 16.5 Å². The summed E-state index contributed by atoms with van der Waals surface area (Å²) in [5, 5.41) is 1.21. The largest absolute Gasteiger partial charge is 0.497 e. The quantitative estimate of drug-likeness (QED) is 0.637. The highest BCUT2D eigenvalue weighted by Crippen LogP contribution is 2.35. The zero-order chi connectivity index (χ0) is 20.6. The van der Waals surface area contributed by atoms with Crippen LogP contribution in [0, 0.1) is 6.92 Å². The number of methoxy groups -OCH3 is 1. The number of nitrogens with zero attached hydrogens (tertiary/aromatic N) is 2. The van der Waals surface area contributed by atoms with Crippen LogP contribution in [0.2, 0.25) is 0 Å². The Morgan fingerprint density at radius 3 is 2.59 bits per heavy atom. The first kappa shape index (κ1) is 19.7. The molecule has 0 fully saturated rings. The summed E-state index contributed by atoms with van der Waals surface area (Å²) in [7, 11) is -1.47. The topological polar surface area (TPSA) is 51.5 Å². The van der Waals surface area contributed by atoms with E-state index in [9.17, 15) is 8.42 Å². The van der Waals surface area contributed by atoms with Crippen molar-refractivity contribution in [1.82, 2.24) is 8.87 Å². The van der Waals surface area contributed by atoms with Crippen molar-refractivity contribution < 1.29 is 13.2 Å². The third-order valence-corrected chi connectivity index (χ3v) is 6.94. The number of ether oxygens (including phenoxy) is 1. The van der Waals surface area contributed by atoms with E-state index in [-0.39, 0.29) is 0 Å². The maximum absolute atomic E-state index is 11.9. The number of hydrogen-bond acceptors (Lipinski definition) is 3. The van der Waals surface area contributed by atoms with Crippen molar-refractivity contribution in [3.63, 3.8) is 0 Å². The van der Waals surface area contributed by atoms with Crippen molar-refractivity contribution in [2.75, 3.05) is 26.5 Å². The third kappa shape index (κ3) is 3.82. The van der Waals surface area contributed by atoms with Crippen LogP contribution in [-0.2, 0) is 16.6 Å². The number of hydrogen-bond donors (Lipinski definition) is 0. The lowest BCUT2D eigenvalue weighted by Gasteiger charge is -2.24. The summed E-state index contributed by atoms with van der Waals surface area (Å²) in [5.74, 6) is 0.854. The van der Waals surface area contributed by atoms with Crippen LogP contribution < -0.4 is 4.74 Å². The van der Waals surface area contributed by atoms with E-state index >= 15 is 0 Å². The molecule has 0 atom stereocenters. The van der Waals surface area contributed by atoms with Crippen LogP contribution in [0.5, 0.6) is 5.75 Å². The SMILES string of the molecule is COc1cccc(Cn2c(C)c(C3=CCN(S(C)(=O)=O)CC3)c3ccccc32)c1. The molecule has 0 N–H and O–H groups in total. The molecule has 6 heteroatoms. The van der Waals surface area contributed by atoms with E-state index < -0.39 is 10.0 Å². The fraction of sp³-hybridized carbons (Fsp3) is 0.304. The van der Waals surface area contributed by atoms with E-state index in [1.807, 2.05) is 12.1 Å². The highest BCUT2D eigenvalue weighted by atomic mass is 32.2. The molecule has 2 aromatic carbocycles. The number of aromatic nitrogens is 1. The van der Waals surface area contributed by atoms with Gasteiger partial charge in [-0.3, -0.25) is 0 Å². The number of sulfonamides is 1. The second-order valence-electron chi connectivity index (χ2n) is 7.52. The van der Waals surface area contributed by atoms with Gasteiger partial charge < -0.3 is 9.30 Å². The molecule has 0 saturated carbocycles. The lowest BCUT2D eigenvalue weighted by molar-refractivity contribution is 0.414. The van der Waals surface area contributed by atoms with Crippen molar-refractivity contribution in [3.8, 4) is 5.75 Å². The van der Waals surface area contributed by atoms with Crippen molar-refractivity contribution in [2.24, 2.45) is 0 Å². The molecule has 1 aliphatic rings. The number of para-hydroxylation sites is 1. The molecule has 0 bridgehead atoms. The Labute approximate surface area is 172 Å². The van der Waals surface area contributed by atoms with Gasteiger partial charge in [-0.15, -0.1) is 0 Å². The minimum Gasteiger partial charge on any atom is -0.497 e. The minimum atomic E-state index is -3.15. The standard InChI is InChI=1S/C23H26N2O3S/c1-17-23(19-11-13-24(14-12-19)29(3,26)27)21-9-4-5-10-22(21)25(17)16-18-7-6-8-20(15-18)28-2/h4-11,15H,12-14,16H2,1-3H3. The summed E-state index contributed by atoms with van der Waals surface area (Å²) in [6, 6.07) is 16.6. The molecule has 4 rings (SSSR count). The summed E-state index contributed by atoms with van der Waals surface area (Å²) in [4.78, 5) is 0. The molecule has 29 heavy (non-hydrogen) atoms. The second-order valence-corrected chi connectivity index (χ2v) is 9.50. The smallest absolute Gasteiger partial charge is 0.211 e. The van der Waals surface area contributed by atoms with Crippen LogP contribution in [0.15, 0.2) is 54.6 Å². The molecule has 1 aromatic heterocycles. The Balaban J connectivity index is 1.77. The van der Waals surface area contributed by atoms with E-state index in [1.165, 1.54) is 43.9 Å². The first-order valence-electron chi connectivity index (χ1n) is 9.74. The zero-order valence-corrected chi connectivity index (χ0v) is 17.9. The van der Waals surface area contributed by atoms with Gasteiger partial charge in [0.1, 0.15) is 5.75 Å². The van der Waals surface area contributed by atoms with Gasteiger partial charge in [-0.05, 0) is 42.7 Å². The number of benzene rings is 2. The number of rotatable bonds is 5. The molecular weight excluding hydrogens is 384 g/mol. The van der Waals surface area contributed by atoms with Gasteiger partial charge in [0.05, 0.1) is 13.4 Å². The van der Waals surface area contributed by atoms with E-state index in [0.29, 0.717) is 13.1 Å². The molecule has 3 aromatic rings. The Hall–Kier alpha value is -2.57. The fourth-order valence-corrected chi connectivity index (χ4v) is 4.94. The van der Waals surface area contributed by atoms with Crippen molar-refractivity contribution in [3.05, 3.63) is 71.4 Å². The molecule has 0 aliphatic carbocycles. The van der Waals surface area contributed by atoms with Gasteiger partial charge in [-0.25, -0.2) is 8.42 Å². The number of fused-ring (bicyclic) bond motifs is 1. The Morgan fingerprint density at radius 1 is 1.10 bits per heavy atom. The summed E-state index contributed by atoms with van der Waals surface area (Å²) >= 11 is 0. The van der Waals surface area contributed by atoms with Crippen LogP contribution in [0.4, 0.5) is 0 Å². The van der Waals surface area contributed by atoms with Crippen LogP contribution in [-0.4, -0.2) is 43.7 Å². The molecule has 5 nitrogen and oxygen atoms in total. The van der Waals surface area contributed by atoms with E-state index in [1.54, 1.807) is 7.11 Å². The summed E-state index contributed by atoms with van der Waals surface area (Å²) < 4.78 is 32.9. The van der Waals surface area contributed by atoms with Gasteiger partial charge in [0, 0.05) is 41.8 Å². The maximum atomic E-state index is 11.9. The molecule has 1 aliphatic heterocycles. The molecular formula is C23H26N2O3S. The first-order chi connectivity index (χ1) is 13.9. The average molecular weight is 411 g/mol. The van der Waals surface area contributed by atoms with Gasteiger partial charge in [-0.1, -0.05) is 36.4 Å². The van der Waals surface area contributed by atoms with Crippen molar-refractivity contribution in [1.29, 1.82) is 0 Å². The average Bonchev–Trinajstić information content (AvgIpc) is 2.99. The molecule has 0 amide bonds. The predicted molar refractivity (Wildman–Crippen MR) is 118 cm³/mol. The minimum absolute atomic E-state index is 0.434. The molecule has 0 unspecified atom stereocenters.